The topological polar surface area (TPSA) is 36.4 Å². The lowest BCUT2D eigenvalue weighted by Crippen LogP contribution is -2.49. The second-order valence-electron chi connectivity index (χ2n) is 6.73. The summed E-state index contributed by atoms with van der Waals surface area (Å²) in [6, 6.07) is 18.6. The van der Waals surface area contributed by atoms with Crippen molar-refractivity contribution in [3.63, 3.8) is 0 Å². The molecule has 0 aliphatic carbocycles. The second kappa shape index (κ2) is 7.56. The molecule has 26 heavy (non-hydrogen) atoms. The number of nitrogens with zero attached hydrogens (tertiary/aromatic N) is 3. The number of rotatable bonds is 4. The summed E-state index contributed by atoms with van der Waals surface area (Å²) in [5.41, 5.74) is 2.39. The Bertz CT molecular complexity index is 881. The van der Waals surface area contributed by atoms with Gasteiger partial charge in [0, 0.05) is 49.6 Å². The SMILES string of the molecule is O=C(CCc1ccccc1)N1CCN(c2cncc3ccccc23)CC1. The van der Waals surface area contributed by atoms with Gasteiger partial charge in [0.2, 0.25) is 5.91 Å². The van der Waals surface area contributed by atoms with E-state index >= 15 is 0 Å². The molecule has 1 amide bonds. The van der Waals surface area contributed by atoms with Gasteiger partial charge in [0.15, 0.2) is 0 Å². The maximum Gasteiger partial charge on any atom is 0.223 e. The fourth-order valence-electron chi connectivity index (χ4n) is 3.60. The van der Waals surface area contributed by atoms with Gasteiger partial charge in [-0.25, -0.2) is 0 Å². The molecule has 1 aliphatic rings. The highest BCUT2D eigenvalue weighted by Crippen LogP contribution is 2.26. The van der Waals surface area contributed by atoms with E-state index in [1.54, 1.807) is 0 Å². The van der Waals surface area contributed by atoms with Crippen molar-refractivity contribution in [2.24, 2.45) is 0 Å². The number of fused-ring (bicyclic) bond motifs is 1. The Morgan fingerprint density at radius 2 is 1.62 bits per heavy atom. The zero-order valence-electron chi connectivity index (χ0n) is 14.8. The standard InChI is InChI=1S/C22H23N3O/c26-22(11-10-18-6-2-1-3-7-18)25-14-12-24(13-15-25)21-17-23-16-19-8-4-5-9-20(19)21/h1-9,16-17H,10-15H2. The molecule has 3 aromatic rings. The third-order valence-corrected chi connectivity index (χ3v) is 5.09. The van der Waals surface area contributed by atoms with Crippen LogP contribution in [-0.4, -0.2) is 42.0 Å². The number of aromatic nitrogens is 1. The van der Waals surface area contributed by atoms with Crippen LogP contribution in [-0.2, 0) is 11.2 Å². The molecule has 4 rings (SSSR count). The number of carbonyl (C=O) groups is 1. The molecular weight excluding hydrogens is 322 g/mol. The molecule has 0 radical (unpaired) electrons. The van der Waals surface area contributed by atoms with Gasteiger partial charge in [0.1, 0.15) is 0 Å². The average Bonchev–Trinajstić information content (AvgIpc) is 2.72. The number of amides is 1. The van der Waals surface area contributed by atoms with Crippen LogP contribution in [0.5, 0.6) is 0 Å². The fourth-order valence-corrected chi connectivity index (χ4v) is 3.60. The van der Waals surface area contributed by atoms with Crippen LogP contribution in [0, 0.1) is 0 Å². The molecule has 0 N–H and O–H groups in total. The molecule has 4 nitrogen and oxygen atoms in total. The van der Waals surface area contributed by atoms with E-state index in [0.717, 1.165) is 38.0 Å². The summed E-state index contributed by atoms with van der Waals surface area (Å²) in [6.45, 7) is 3.26. The van der Waals surface area contributed by atoms with Crippen LogP contribution in [0.3, 0.4) is 0 Å². The van der Waals surface area contributed by atoms with Crippen molar-refractivity contribution in [1.29, 1.82) is 0 Å². The van der Waals surface area contributed by atoms with Crippen LogP contribution in [0.25, 0.3) is 10.8 Å². The van der Waals surface area contributed by atoms with Gasteiger partial charge >= 0.3 is 0 Å². The van der Waals surface area contributed by atoms with E-state index in [-0.39, 0.29) is 5.91 Å². The van der Waals surface area contributed by atoms with E-state index in [2.05, 4.69) is 40.2 Å². The summed E-state index contributed by atoms with van der Waals surface area (Å²) in [4.78, 5) is 21.2. The molecule has 1 aliphatic heterocycles. The van der Waals surface area contributed by atoms with E-state index in [1.165, 1.54) is 16.6 Å². The van der Waals surface area contributed by atoms with Gasteiger partial charge in [-0.1, -0.05) is 54.6 Å². The first-order chi connectivity index (χ1) is 12.8. The molecule has 0 spiro atoms. The zero-order valence-corrected chi connectivity index (χ0v) is 14.8. The van der Waals surface area contributed by atoms with Crippen LogP contribution in [0.1, 0.15) is 12.0 Å². The van der Waals surface area contributed by atoms with Gasteiger partial charge in [-0.2, -0.15) is 0 Å². The van der Waals surface area contributed by atoms with Crippen molar-refractivity contribution in [1.82, 2.24) is 9.88 Å². The normalized spacial score (nSPS) is 14.6. The molecule has 1 saturated heterocycles. The molecule has 0 bridgehead atoms. The van der Waals surface area contributed by atoms with Crippen LogP contribution in [0.4, 0.5) is 5.69 Å². The monoisotopic (exact) mass is 345 g/mol. The predicted molar refractivity (Wildman–Crippen MR) is 105 cm³/mol. The third-order valence-electron chi connectivity index (χ3n) is 5.09. The fraction of sp³-hybridized carbons (Fsp3) is 0.273. The molecule has 0 unspecified atom stereocenters. The largest absolute Gasteiger partial charge is 0.366 e. The maximum atomic E-state index is 12.5. The van der Waals surface area contributed by atoms with Crippen LogP contribution in [0.2, 0.25) is 0 Å². The minimum atomic E-state index is 0.254. The Balaban J connectivity index is 1.37. The van der Waals surface area contributed by atoms with E-state index < -0.39 is 0 Å². The van der Waals surface area contributed by atoms with Crippen molar-refractivity contribution in [2.45, 2.75) is 12.8 Å². The molecule has 0 saturated carbocycles. The summed E-state index contributed by atoms with van der Waals surface area (Å²) >= 11 is 0. The van der Waals surface area contributed by atoms with E-state index in [0.29, 0.717) is 6.42 Å². The molecule has 2 heterocycles. The molecule has 2 aromatic carbocycles. The predicted octanol–water partition coefficient (Wildman–Crippen LogP) is 3.52. The van der Waals surface area contributed by atoms with Crippen LogP contribution >= 0.6 is 0 Å². The van der Waals surface area contributed by atoms with E-state index in [9.17, 15) is 4.79 Å². The first-order valence-corrected chi connectivity index (χ1v) is 9.21. The van der Waals surface area contributed by atoms with Gasteiger partial charge < -0.3 is 9.80 Å². The lowest BCUT2D eigenvalue weighted by molar-refractivity contribution is -0.131. The smallest absolute Gasteiger partial charge is 0.223 e. The van der Waals surface area contributed by atoms with Crippen LogP contribution < -0.4 is 4.90 Å². The lowest BCUT2D eigenvalue weighted by Gasteiger charge is -2.36. The average molecular weight is 345 g/mol. The number of hydrogen-bond donors (Lipinski definition) is 0. The third kappa shape index (κ3) is 3.54. The van der Waals surface area contributed by atoms with Gasteiger partial charge in [-0.05, 0) is 12.0 Å². The highest BCUT2D eigenvalue weighted by atomic mass is 16.2. The minimum absolute atomic E-state index is 0.254. The first kappa shape index (κ1) is 16.6. The first-order valence-electron chi connectivity index (χ1n) is 9.21. The summed E-state index contributed by atoms with van der Waals surface area (Å²) in [7, 11) is 0. The molecular formula is C22H23N3O. The number of hydrogen-bond acceptors (Lipinski definition) is 3. The maximum absolute atomic E-state index is 12.5. The van der Waals surface area contributed by atoms with Crippen LogP contribution in [0.15, 0.2) is 67.0 Å². The van der Waals surface area contributed by atoms with E-state index in [4.69, 9.17) is 0 Å². The van der Waals surface area contributed by atoms with Crippen molar-refractivity contribution in [3.8, 4) is 0 Å². The van der Waals surface area contributed by atoms with Crippen molar-refractivity contribution in [3.05, 3.63) is 72.6 Å². The second-order valence-corrected chi connectivity index (χ2v) is 6.73. The highest BCUT2D eigenvalue weighted by molar-refractivity contribution is 5.93. The van der Waals surface area contributed by atoms with Crippen molar-refractivity contribution < 1.29 is 4.79 Å². The number of benzene rings is 2. The molecule has 0 atom stereocenters. The lowest BCUT2D eigenvalue weighted by atomic mass is 10.1. The molecule has 132 valence electrons. The van der Waals surface area contributed by atoms with Crippen molar-refractivity contribution in [2.75, 3.05) is 31.1 Å². The van der Waals surface area contributed by atoms with Gasteiger partial charge in [-0.15, -0.1) is 0 Å². The Morgan fingerprint density at radius 3 is 2.42 bits per heavy atom. The number of pyridine rings is 1. The van der Waals surface area contributed by atoms with E-state index in [1.807, 2.05) is 41.6 Å². The summed E-state index contributed by atoms with van der Waals surface area (Å²) < 4.78 is 0. The number of anilines is 1. The van der Waals surface area contributed by atoms with Gasteiger partial charge in [0.25, 0.3) is 0 Å². The number of piperazine rings is 1. The quantitative estimate of drug-likeness (QED) is 0.726. The molecule has 4 heteroatoms. The summed E-state index contributed by atoms with van der Waals surface area (Å²) in [5, 5.41) is 2.39. The van der Waals surface area contributed by atoms with Crippen molar-refractivity contribution >= 4 is 22.4 Å². The molecule has 1 aromatic heterocycles. The van der Waals surface area contributed by atoms with Gasteiger partial charge in [0.05, 0.1) is 11.9 Å². The number of carbonyl (C=O) groups excluding carboxylic acids is 1. The van der Waals surface area contributed by atoms with Gasteiger partial charge in [-0.3, -0.25) is 9.78 Å². The Kier molecular flexibility index (Phi) is 4.82. The zero-order chi connectivity index (χ0) is 17.8. The Labute approximate surface area is 154 Å². The Hall–Kier alpha value is -2.88. The summed E-state index contributed by atoms with van der Waals surface area (Å²) in [6.07, 6.45) is 5.24. The summed E-state index contributed by atoms with van der Waals surface area (Å²) in [5.74, 6) is 0.254. The number of aryl methyl sites for hydroxylation is 1. The molecule has 1 fully saturated rings. The highest BCUT2D eigenvalue weighted by Gasteiger charge is 2.22. The minimum Gasteiger partial charge on any atom is -0.366 e. The Morgan fingerprint density at radius 1 is 0.885 bits per heavy atom.